The SMILES string of the molecule is Fc1ccc(Cc2nc(Cl)c3n2CCNC3)cc1. The van der Waals surface area contributed by atoms with Gasteiger partial charge in [-0.05, 0) is 17.7 Å². The van der Waals surface area contributed by atoms with Gasteiger partial charge in [-0.1, -0.05) is 23.7 Å². The minimum absolute atomic E-state index is 0.217. The van der Waals surface area contributed by atoms with E-state index in [1.54, 1.807) is 12.1 Å². The van der Waals surface area contributed by atoms with Gasteiger partial charge in [0.15, 0.2) is 5.15 Å². The van der Waals surface area contributed by atoms with Crippen molar-refractivity contribution in [3.63, 3.8) is 0 Å². The Hall–Kier alpha value is -1.39. The number of nitrogens with one attached hydrogen (secondary N) is 1. The van der Waals surface area contributed by atoms with Crippen molar-refractivity contribution in [3.8, 4) is 0 Å². The van der Waals surface area contributed by atoms with E-state index < -0.39 is 0 Å². The summed E-state index contributed by atoms with van der Waals surface area (Å²) in [5.41, 5.74) is 2.08. The zero-order chi connectivity index (χ0) is 12.5. The summed E-state index contributed by atoms with van der Waals surface area (Å²) in [6.07, 6.45) is 0.681. The van der Waals surface area contributed by atoms with Crippen LogP contribution in [0.3, 0.4) is 0 Å². The molecule has 94 valence electrons. The third-order valence-electron chi connectivity index (χ3n) is 3.18. The summed E-state index contributed by atoms with van der Waals surface area (Å²) in [4.78, 5) is 4.40. The molecule has 1 aliphatic rings. The predicted molar refractivity (Wildman–Crippen MR) is 68.1 cm³/mol. The van der Waals surface area contributed by atoms with E-state index in [1.165, 1.54) is 12.1 Å². The molecule has 0 unspecified atom stereocenters. The maximum Gasteiger partial charge on any atom is 0.151 e. The first-order chi connectivity index (χ1) is 8.74. The van der Waals surface area contributed by atoms with Gasteiger partial charge in [0, 0.05) is 26.1 Å². The predicted octanol–water partition coefficient (Wildman–Crippen LogP) is 2.37. The first-order valence-corrected chi connectivity index (χ1v) is 6.31. The molecule has 0 saturated carbocycles. The van der Waals surface area contributed by atoms with E-state index in [0.29, 0.717) is 11.6 Å². The molecule has 1 aliphatic heterocycles. The lowest BCUT2D eigenvalue weighted by atomic mass is 10.1. The first-order valence-electron chi connectivity index (χ1n) is 5.93. The zero-order valence-corrected chi connectivity index (χ0v) is 10.5. The van der Waals surface area contributed by atoms with Crippen LogP contribution in [0, 0.1) is 5.82 Å². The van der Waals surface area contributed by atoms with E-state index in [4.69, 9.17) is 11.6 Å². The summed E-state index contributed by atoms with van der Waals surface area (Å²) in [5.74, 6) is 0.731. The first kappa shape index (κ1) is 11.7. The number of hydrogen-bond donors (Lipinski definition) is 1. The fraction of sp³-hybridized carbons (Fsp3) is 0.308. The Morgan fingerprint density at radius 2 is 2.11 bits per heavy atom. The van der Waals surface area contributed by atoms with Crippen LogP contribution in [-0.4, -0.2) is 16.1 Å². The molecule has 5 heteroatoms. The van der Waals surface area contributed by atoms with Gasteiger partial charge >= 0.3 is 0 Å². The average Bonchev–Trinajstić information content (AvgIpc) is 2.70. The van der Waals surface area contributed by atoms with Gasteiger partial charge in [0.05, 0.1) is 5.69 Å². The number of benzene rings is 1. The molecule has 0 spiro atoms. The Balaban J connectivity index is 1.91. The number of rotatable bonds is 2. The summed E-state index contributed by atoms with van der Waals surface area (Å²) in [7, 11) is 0. The van der Waals surface area contributed by atoms with Gasteiger partial charge in [-0.15, -0.1) is 0 Å². The van der Waals surface area contributed by atoms with Crippen LogP contribution in [0.4, 0.5) is 4.39 Å². The Morgan fingerprint density at radius 3 is 2.89 bits per heavy atom. The van der Waals surface area contributed by atoms with Gasteiger partial charge in [0.2, 0.25) is 0 Å². The lowest BCUT2D eigenvalue weighted by molar-refractivity contribution is 0.504. The number of imidazole rings is 1. The highest BCUT2D eigenvalue weighted by molar-refractivity contribution is 6.30. The Bertz CT molecular complexity index is 562. The fourth-order valence-corrected chi connectivity index (χ4v) is 2.52. The van der Waals surface area contributed by atoms with Crippen molar-refractivity contribution in [3.05, 3.63) is 52.3 Å². The van der Waals surface area contributed by atoms with Crippen LogP contribution < -0.4 is 5.32 Å². The van der Waals surface area contributed by atoms with Crippen LogP contribution in [0.5, 0.6) is 0 Å². The molecular weight excluding hydrogens is 253 g/mol. The van der Waals surface area contributed by atoms with E-state index in [-0.39, 0.29) is 5.82 Å². The van der Waals surface area contributed by atoms with Crippen molar-refractivity contribution in [2.24, 2.45) is 0 Å². The Kier molecular flexibility index (Phi) is 3.06. The molecule has 0 fully saturated rings. The van der Waals surface area contributed by atoms with Crippen molar-refractivity contribution in [2.75, 3.05) is 6.54 Å². The van der Waals surface area contributed by atoms with Crippen LogP contribution in [-0.2, 0) is 19.5 Å². The van der Waals surface area contributed by atoms with E-state index >= 15 is 0 Å². The highest BCUT2D eigenvalue weighted by Gasteiger charge is 2.18. The molecule has 1 aromatic carbocycles. The van der Waals surface area contributed by atoms with Crippen molar-refractivity contribution < 1.29 is 4.39 Å². The lowest BCUT2D eigenvalue weighted by Crippen LogP contribution is -2.28. The molecular formula is C13H13ClFN3. The maximum atomic E-state index is 12.9. The second-order valence-electron chi connectivity index (χ2n) is 4.40. The van der Waals surface area contributed by atoms with E-state index in [2.05, 4.69) is 14.9 Å². The quantitative estimate of drug-likeness (QED) is 0.904. The summed E-state index contributed by atoms with van der Waals surface area (Å²) in [6, 6.07) is 6.51. The van der Waals surface area contributed by atoms with Gasteiger partial charge in [-0.2, -0.15) is 0 Å². The fourth-order valence-electron chi connectivity index (χ4n) is 2.26. The molecule has 0 bridgehead atoms. The third kappa shape index (κ3) is 2.13. The monoisotopic (exact) mass is 265 g/mol. The molecule has 0 amide bonds. The normalized spacial score (nSPS) is 14.6. The number of nitrogens with zero attached hydrogens (tertiary/aromatic N) is 2. The van der Waals surface area contributed by atoms with Crippen molar-refractivity contribution in [1.82, 2.24) is 14.9 Å². The molecule has 1 N–H and O–H groups in total. The van der Waals surface area contributed by atoms with Crippen LogP contribution in [0.1, 0.15) is 17.1 Å². The van der Waals surface area contributed by atoms with Gasteiger partial charge in [0.25, 0.3) is 0 Å². The second kappa shape index (κ2) is 4.71. The number of hydrogen-bond acceptors (Lipinski definition) is 2. The zero-order valence-electron chi connectivity index (χ0n) is 9.79. The highest BCUT2D eigenvalue weighted by Crippen LogP contribution is 2.21. The minimum Gasteiger partial charge on any atom is -0.328 e. The van der Waals surface area contributed by atoms with Gasteiger partial charge in [-0.25, -0.2) is 9.37 Å². The van der Waals surface area contributed by atoms with Crippen LogP contribution in [0.25, 0.3) is 0 Å². The molecule has 0 saturated heterocycles. The number of fused-ring (bicyclic) bond motifs is 1. The van der Waals surface area contributed by atoms with Crippen molar-refractivity contribution in [2.45, 2.75) is 19.5 Å². The Labute approximate surface area is 110 Å². The van der Waals surface area contributed by atoms with Gasteiger partial charge < -0.3 is 9.88 Å². The van der Waals surface area contributed by atoms with Crippen LogP contribution >= 0.6 is 11.6 Å². The van der Waals surface area contributed by atoms with Gasteiger partial charge in [0.1, 0.15) is 11.6 Å². The highest BCUT2D eigenvalue weighted by atomic mass is 35.5. The van der Waals surface area contributed by atoms with E-state index in [1.807, 2.05) is 0 Å². The van der Waals surface area contributed by atoms with Crippen LogP contribution in [0.2, 0.25) is 5.15 Å². The lowest BCUT2D eigenvalue weighted by Gasteiger charge is -2.17. The molecule has 1 aromatic heterocycles. The summed E-state index contributed by atoms with van der Waals surface area (Å²) >= 11 is 6.12. The maximum absolute atomic E-state index is 12.9. The second-order valence-corrected chi connectivity index (χ2v) is 4.76. The average molecular weight is 266 g/mol. The summed E-state index contributed by atoms with van der Waals surface area (Å²) < 4.78 is 15.0. The van der Waals surface area contributed by atoms with E-state index in [9.17, 15) is 4.39 Å². The molecule has 2 heterocycles. The largest absolute Gasteiger partial charge is 0.328 e. The van der Waals surface area contributed by atoms with E-state index in [0.717, 1.165) is 36.7 Å². The van der Waals surface area contributed by atoms with Crippen molar-refractivity contribution in [1.29, 1.82) is 0 Å². The summed E-state index contributed by atoms with van der Waals surface area (Å²) in [6.45, 7) is 2.57. The third-order valence-corrected chi connectivity index (χ3v) is 3.49. The topological polar surface area (TPSA) is 29.9 Å². The molecule has 3 rings (SSSR count). The van der Waals surface area contributed by atoms with Gasteiger partial charge in [-0.3, -0.25) is 0 Å². The minimum atomic E-state index is -0.217. The Morgan fingerprint density at radius 1 is 1.33 bits per heavy atom. The molecule has 0 aliphatic carbocycles. The molecule has 18 heavy (non-hydrogen) atoms. The van der Waals surface area contributed by atoms with Crippen LogP contribution in [0.15, 0.2) is 24.3 Å². The standard InChI is InChI=1S/C13H13ClFN3/c14-13-11-8-16-5-6-18(11)12(17-13)7-9-1-3-10(15)4-2-9/h1-4,16H,5-8H2. The number of halogens is 2. The number of aromatic nitrogens is 2. The molecule has 2 aromatic rings. The van der Waals surface area contributed by atoms with Crippen molar-refractivity contribution >= 4 is 11.6 Å². The summed E-state index contributed by atoms with van der Waals surface area (Å²) in [5, 5.41) is 3.84. The smallest absolute Gasteiger partial charge is 0.151 e. The molecule has 3 nitrogen and oxygen atoms in total. The molecule has 0 radical (unpaired) electrons. The molecule has 0 atom stereocenters.